The average molecular weight is 399 g/mol. The SMILES string of the molecule is O=C(N[C@H]1COC[C@H]1Cc1ccncc1)C1(c2ccc(Cl)cc2)CCCCC1. The van der Waals surface area contributed by atoms with Crippen molar-refractivity contribution in [3.63, 3.8) is 0 Å². The van der Waals surface area contributed by atoms with E-state index in [1.807, 2.05) is 48.8 Å². The minimum atomic E-state index is -0.452. The van der Waals surface area contributed by atoms with Crippen LogP contribution in [0.3, 0.4) is 0 Å². The third-order valence-corrected chi connectivity index (χ3v) is 6.55. The Morgan fingerprint density at radius 3 is 2.50 bits per heavy atom. The van der Waals surface area contributed by atoms with Crippen LogP contribution in [0.2, 0.25) is 5.02 Å². The monoisotopic (exact) mass is 398 g/mol. The Kier molecular flexibility index (Phi) is 5.98. The normalized spacial score (nSPS) is 24.0. The predicted octanol–water partition coefficient (Wildman–Crippen LogP) is 4.31. The zero-order valence-corrected chi connectivity index (χ0v) is 16.8. The van der Waals surface area contributed by atoms with Crippen molar-refractivity contribution in [2.45, 2.75) is 50.0 Å². The molecule has 4 rings (SSSR count). The molecule has 1 aliphatic carbocycles. The van der Waals surface area contributed by atoms with Crippen LogP contribution in [0, 0.1) is 5.92 Å². The van der Waals surface area contributed by atoms with Gasteiger partial charge in [-0.2, -0.15) is 0 Å². The van der Waals surface area contributed by atoms with E-state index in [9.17, 15) is 4.79 Å². The number of carbonyl (C=O) groups is 1. The molecule has 2 aliphatic rings. The first-order valence-electron chi connectivity index (χ1n) is 10.2. The van der Waals surface area contributed by atoms with Gasteiger partial charge < -0.3 is 10.1 Å². The standard InChI is InChI=1S/C23H27ClN2O2/c24-20-6-4-19(5-7-20)23(10-2-1-3-11-23)22(27)26-21-16-28-15-18(21)14-17-8-12-25-13-9-17/h4-9,12-13,18,21H,1-3,10-11,14-16H2,(H,26,27)/t18-,21+/m1/s1. The van der Waals surface area contributed by atoms with E-state index < -0.39 is 5.41 Å². The van der Waals surface area contributed by atoms with Crippen LogP contribution in [0.15, 0.2) is 48.8 Å². The molecule has 28 heavy (non-hydrogen) atoms. The van der Waals surface area contributed by atoms with Crippen molar-refractivity contribution < 1.29 is 9.53 Å². The molecule has 0 spiro atoms. The van der Waals surface area contributed by atoms with Crippen LogP contribution in [-0.2, 0) is 21.4 Å². The Hall–Kier alpha value is -1.91. The second kappa shape index (κ2) is 8.62. The van der Waals surface area contributed by atoms with E-state index in [2.05, 4.69) is 10.3 Å². The number of aromatic nitrogens is 1. The summed E-state index contributed by atoms with van der Waals surface area (Å²) in [6.45, 7) is 1.26. The Balaban J connectivity index is 1.51. The van der Waals surface area contributed by atoms with Crippen LogP contribution >= 0.6 is 11.6 Å². The first-order valence-corrected chi connectivity index (χ1v) is 10.6. The van der Waals surface area contributed by atoms with Crippen LogP contribution in [-0.4, -0.2) is 30.1 Å². The van der Waals surface area contributed by atoms with Gasteiger partial charge >= 0.3 is 0 Å². The van der Waals surface area contributed by atoms with Gasteiger partial charge in [0.05, 0.1) is 24.7 Å². The lowest BCUT2D eigenvalue weighted by Gasteiger charge is -2.37. The van der Waals surface area contributed by atoms with Gasteiger partial charge in [-0.05, 0) is 54.7 Å². The summed E-state index contributed by atoms with van der Waals surface area (Å²) >= 11 is 6.09. The third kappa shape index (κ3) is 4.08. The lowest BCUT2D eigenvalue weighted by molar-refractivity contribution is -0.129. The van der Waals surface area contributed by atoms with Crippen molar-refractivity contribution in [2.24, 2.45) is 5.92 Å². The van der Waals surface area contributed by atoms with E-state index in [0.29, 0.717) is 18.2 Å². The van der Waals surface area contributed by atoms with Crippen LogP contribution in [0.1, 0.15) is 43.2 Å². The number of benzene rings is 1. The quantitative estimate of drug-likeness (QED) is 0.816. The molecule has 1 amide bonds. The van der Waals surface area contributed by atoms with Crippen LogP contribution < -0.4 is 5.32 Å². The van der Waals surface area contributed by atoms with Gasteiger partial charge in [-0.25, -0.2) is 0 Å². The van der Waals surface area contributed by atoms with Crippen molar-refractivity contribution in [3.8, 4) is 0 Å². The van der Waals surface area contributed by atoms with Gasteiger partial charge in [0, 0.05) is 23.3 Å². The molecule has 1 aromatic heterocycles. The number of carbonyl (C=O) groups excluding carboxylic acids is 1. The predicted molar refractivity (Wildman–Crippen MR) is 110 cm³/mol. The van der Waals surface area contributed by atoms with Gasteiger partial charge in [0.25, 0.3) is 0 Å². The van der Waals surface area contributed by atoms with Gasteiger partial charge in [0.1, 0.15) is 0 Å². The summed E-state index contributed by atoms with van der Waals surface area (Å²) in [7, 11) is 0. The Morgan fingerprint density at radius 1 is 1.07 bits per heavy atom. The van der Waals surface area contributed by atoms with E-state index in [-0.39, 0.29) is 17.9 Å². The van der Waals surface area contributed by atoms with Crippen molar-refractivity contribution in [3.05, 3.63) is 64.9 Å². The van der Waals surface area contributed by atoms with Crippen molar-refractivity contribution >= 4 is 17.5 Å². The van der Waals surface area contributed by atoms with Gasteiger partial charge in [-0.1, -0.05) is 43.0 Å². The van der Waals surface area contributed by atoms with Crippen molar-refractivity contribution in [1.82, 2.24) is 10.3 Å². The van der Waals surface area contributed by atoms with Gasteiger partial charge in [0.15, 0.2) is 0 Å². The summed E-state index contributed by atoms with van der Waals surface area (Å²) in [5.74, 6) is 0.432. The summed E-state index contributed by atoms with van der Waals surface area (Å²) < 4.78 is 5.74. The number of hydrogen-bond donors (Lipinski definition) is 1. The van der Waals surface area contributed by atoms with Crippen LogP contribution in [0.5, 0.6) is 0 Å². The minimum absolute atomic E-state index is 0.0479. The Bertz CT molecular complexity index is 788. The van der Waals surface area contributed by atoms with Gasteiger partial charge in [-0.15, -0.1) is 0 Å². The molecule has 4 nitrogen and oxygen atoms in total. The van der Waals surface area contributed by atoms with E-state index in [1.165, 1.54) is 12.0 Å². The van der Waals surface area contributed by atoms with Crippen LogP contribution in [0.25, 0.3) is 0 Å². The minimum Gasteiger partial charge on any atom is -0.379 e. The summed E-state index contributed by atoms with van der Waals surface area (Å²) in [5, 5.41) is 4.07. The molecule has 1 aliphatic heterocycles. The molecular weight excluding hydrogens is 372 g/mol. The zero-order chi connectivity index (χ0) is 19.4. The highest BCUT2D eigenvalue weighted by atomic mass is 35.5. The number of hydrogen-bond acceptors (Lipinski definition) is 3. The first kappa shape index (κ1) is 19.4. The average Bonchev–Trinajstić information content (AvgIpc) is 3.16. The van der Waals surface area contributed by atoms with Gasteiger partial charge in [-0.3, -0.25) is 9.78 Å². The van der Waals surface area contributed by atoms with E-state index in [4.69, 9.17) is 16.3 Å². The fourth-order valence-corrected chi connectivity index (χ4v) is 4.78. The lowest BCUT2D eigenvalue weighted by atomic mass is 9.68. The van der Waals surface area contributed by atoms with E-state index >= 15 is 0 Å². The molecule has 2 fully saturated rings. The van der Waals surface area contributed by atoms with Gasteiger partial charge in [0.2, 0.25) is 5.91 Å². The second-order valence-corrected chi connectivity index (χ2v) is 8.52. The lowest BCUT2D eigenvalue weighted by Crippen LogP contribution is -2.51. The largest absolute Gasteiger partial charge is 0.379 e. The number of nitrogens with one attached hydrogen (secondary N) is 1. The number of amides is 1. The topological polar surface area (TPSA) is 51.2 Å². The van der Waals surface area contributed by atoms with Crippen molar-refractivity contribution in [1.29, 1.82) is 0 Å². The highest BCUT2D eigenvalue weighted by Gasteiger charge is 2.43. The van der Waals surface area contributed by atoms with E-state index in [0.717, 1.165) is 37.7 Å². The third-order valence-electron chi connectivity index (χ3n) is 6.30. The summed E-state index contributed by atoms with van der Waals surface area (Å²) in [5.41, 5.74) is 1.86. The molecular formula is C23H27ClN2O2. The molecule has 5 heteroatoms. The summed E-state index contributed by atoms with van der Waals surface area (Å²) in [6.07, 6.45) is 9.66. The number of nitrogens with zero attached hydrogens (tertiary/aromatic N) is 1. The number of rotatable bonds is 5. The smallest absolute Gasteiger partial charge is 0.230 e. The molecule has 1 N–H and O–H groups in total. The molecule has 2 atom stereocenters. The highest BCUT2D eigenvalue weighted by molar-refractivity contribution is 6.30. The fourth-order valence-electron chi connectivity index (χ4n) is 4.66. The maximum absolute atomic E-state index is 13.5. The molecule has 0 unspecified atom stereocenters. The number of halogens is 1. The molecule has 1 saturated heterocycles. The second-order valence-electron chi connectivity index (χ2n) is 8.09. The summed E-state index contributed by atoms with van der Waals surface area (Å²) in [4.78, 5) is 17.6. The molecule has 2 aromatic rings. The fraction of sp³-hybridized carbons (Fsp3) is 0.478. The maximum Gasteiger partial charge on any atom is 0.230 e. The van der Waals surface area contributed by atoms with E-state index in [1.54, 1.807) is 0 Å². The Labute approximate surface area is 171 Å². The van der Waals surface area contributed by atoms with Crippen LogP contribution in [0.4, 0.5) is 0 Å². The zero-order valence-electron chi connectivity index (χ0n) is 16.1. The first-order chi connectivity index (χ1) is 13.7. The molecule has 1 aromatic carbocycles. The number of ether oxygens (including phenoxy) is 1. The maximum atomic E-state index is 13.5. The Morgan fingerprint density at radius 2 is 1.79 bits per heavy atom. The molecule has 148 valence electrons. The number of pyridine rings is 1. The molecule has 1 saturated carbocycles. The molecule has 0 bridgehead atoms. The highest BCUT2D eigenvalue weighted by Crippen LogP contribution is 2.40. The molecule has 2 heterocycles. The molecule has 0 radical (unpaired) electrons. The van der Waals surface area contributed by atoms with Crippen molar-refractivity contribution in [2.75, 3.05) is 13.2 Å². The summed E-state index contributed by atoms with van der Waals surface area (Å²) in [6, 6.07) is 11.9.